The van der Waals surface area contributed by atoms with E-state index in [-0.39, 0.29) is 12.7 Å². The highest BCUT2D eigenvalue weighted by molar-refractivity contribution is 4.97. The van der Waals surface area contributed by atoms with Crippen molar-refractivity contribution in [2.45, 2.75) is 37.8 Å². The van der Waals surface area contributed by atoms with Gasteiger partial charge in [-0.1, -0.05) is 0 Å². The first-order valence-corrected chi connectivity index (χ1v) is 4.66. The van der Waals surface area contributed by atoms with Crippen molar-refractivity contribution in [3.8, 4) is 0 Å². The minimum atomic E-state index is -0.625. The van der Waals surface area contributed by atoms with Gasteiger partial charge in [0, 0.05) is 6.42 Å². The van der Waals surface area contributed by atoms with Crippen molar-refractivity contribution < 1.29 is 19.3 Å². The van der Waals surface area contributed by atoms with Gasteiger partial charge >= 0.3 is 0 Å². The Labute approximate surface area is 77.8 Å². The van der Waals surface area contributed by atoms with Gasteiger partial charge in [0.25, 0.3) is 0 Å². The zero-order chi connectivity index (χ0) is 9.53. The summed E-state index contributed by atoms with van der Waals surface area (Å²) < 4.78 is 16.8. The highest BCUT2D eigenvalue weighted by atomic mass is 16.8. The zero-order valence-electron chi connectivity index (χ0n) is 8.08. The fourth-order valence-corrected chi connectivity index (χ4v) is 1.95. The van der Waals surface area contributed by atoms with Gasteiger partial charge in [0.15, 0.2) is 5.79 Å². The number of aliphatic hydroxyl groups is 1. The molecule has 2 unspecified atom stereocenters. The van der Waals surface area contributed by atoms with Crippen LogP contribution in [0.15, 0.2) is 0 Å². The molecular weight excluding hydrogens is 172 g/mol. The summed E-state index contributed by atoms with van der Waals surface area (Å²) in [6, 6.07) is 0. The van der Waals surface area contributed by atoms with Crippen molar-refractivity contribution in [3.63, 3.8) is 0 Å². The third kappa shape index (κ3) is 1.29. The SMILES string of the molecule is CC1(C)OCCC12OCC(CO)O2. The van der Waals surface area contributed by atoms with Gasteiger partial charge in [0.1, 0.15) is 11.7 Å². The van der Waals surface area contributed by atoms with Crippen LogP contribution in [0, 0.1) is 0 Å². The molecule has 0 aromatic heterocycles. The normalized spacial score (nSPS) is 43.2. The minimum Gasteiger partial charge on any atom is -0.394 e. The molecule has 1 N–H and O–H groups in total. The summed E-state index contributed by atoms with van der Waals surface area (Å²) in [6.45, 7) is 5.05. The van der Waals surface area contributed by atoms with E-state index in [0.717, 1.165) is 6.42 Å². The van der Waals surface area contributed by atoms with E-state index in [1.165, 1.54) is 0 Å². The summed E-state index contributed by atoms with van der Waals surface area (Å²) in [5, 5.41) is 8.93. The van der Waals surface area contributed by atoms with E-state index < -0.39 is 11.4 Å². The average molecular weight is 188 g/mol. The lowest BCUT2D eigenvalue weighted by Gasteiger charge is -2.34. The Bertz CT molecular complexity index is 204. The standard InChI is InChI=1S/C9H16O4/c1-8(2)9(3-4-11-8)12-6-7(5-10)13-9/h7,10H,3-6H2,1-2H3. The quantitative estimate of drug-likeness (QED) is 0.642. The lowest BCUT2D eigenvalue weighted by atomic mass is 9.97. The van der Waals surface area contributed by atoms with Gasteiger partial charge in [-0.05, 0) is 13.8 Å². The maximum absolute atomic E-state index is 8.93. The number of ether oxygens (including phenoxy) is 3. The molecule has 2 atom stereocenters. The van der Waals surface area contributed by atoms with Crippen molar-refractivity contribution in [3.05, 3.63) is 0 Å². The molecule has 2 fully saturated rings. The van der Waals surface area contributed by atoms with Crippen molar-refractivity contribution in [1.29, 1.82) is 0 Å². The van der Waals surface area contributed by atoms with E-state index in [9.17, 15) is 0 Å². The third-order valence-electron chi connectivity index (χ3n) is 2.87. The van der Waals surface area contributed by atoms with E-state index in [2.05, 4.69) is 0 Å². The molecule has 2 rings (SSSR count). The van der Waals surface area contributed by atoms with Gasteiger partial charge in [0.2, 0.25) is 0 Å². The smallest absolute Gasteiger partial charge is 0.199 e. The molecule has 2 aliphatic rings. The topological polar surface area (TPSA) is 47.9 Å². The van der Waals surface area contributed by atoms with Crippen molar-refractivity contribution in [1.82, 2.24) is 0 Å². The maximum atomic E-state index is 8.93. The second-order valence-electron chi connectivity index (χ2n) is 4.10. The maximum Gasteiger partial charge on any atom is 0.199 e. The fraction of sp³-hybridized carbons (Fsp3) is 1.00. The number of hydrogen-bond donors (Lipinski definition) is 1. The van der Waals surface area contributed by atoms with Crippen LogP contribution in [0.25, 0.3) is 0 Å². The van der Waals surface area contributed by atoms with E-state index in [0.29, 0.717) is 13.2 Å². The lowest BCUT2D eigenvalue weighted by Crippen LogP contribution is -2.47. The van der Waals surface area contributed by atoms with Crippen LogP contribution in [0.3, 0.4) is 0 Å². The molecular formula is C9H16O4. The monoisotopic (exact) mass is 188 g/mol. The molecule has 4 heteroatoms. The van der Waals surface area contributed by atoms with Crippen molar-refractivity contribution in [2.24, 2.45) is 0 Å². The van der Waals surface area contributed by atoms with Crippen LogP contribution in [-0.4, -0.2) is 42.4 Å². The second kappa shape index (κ2) is 2.92. The fourth-order valence-electron chi connectivity index (χ4n) is 1.95. The molecule has 13 heavy (non-hydrogen) atoms. The molecule has 0 aliphatic carbocycles. The highest BCUT2D eigenvalue weighted by Crippen LogP contribution is 2.43. The van der Waals surface area contributed by atoms with Crippen LogP contribution >= 0.6 is 0 Å². The molecule has 1 spiro atoms. The van der Waals surface area contributed by atoms with Crippen LogP contribution in [-0.2, 0) is 14.2 Å². The second-order valence-corrected chi connectivity index (χ2v) is 4.10. The van der Waals surface area contributed by atoms with E-state index >= 15 is 0 Å². The van der Waals surface area contributed by atoms with Crippen LogP contribution < -0.4 is 0 Å². The van der Waals surface area contributed by atoms with E-state index in [1.54, 1.807) is 0 Å². The third-order valence-corrected chi connectivity index (χ3v) is 2.87. The predicted molar refractivity (Wildman–Crippen MR) is 45.3 cm³/mol. The molecule has 0 aromatic carbocycles. The molecule has 2 heterocycles. The van der Waals surface area contributed by atoms with Gasteiger partial charge in [0.05, 0.1) is 19.8 Å². The Morgan fingerprint density at radius 1 is 1.38 bits per heavy atom. The predicted octanol–water partition coefficient (Wildman–Crippen LogP) is 0.289. The molecule has 4 nitrogen and oxygen atoms in total. The van der Waals surface area contributed by atoms with Gasteiger partial charge in [-0.25, -0.2) is 0 Å². The molecule has 0 aromatic rings. The van der Waals surface area contributed by atoms with Crippen LogP contribution in [0.2, 0.25) is 0 Å². The van der Waals surface area contributed by atoms with Gasteiger partial charge in [-0.2, -0.15) is 0 Å². The molecule has 76 valence electrons. The number of rotatable bonds is 1. The number of hydrogen-bond acceptors (Lipinski definition) is 4. The molecule has 0 saturated carbocycles. The molecule has 2 saturated heterocycles. The first-order chi connectivity index (χ1) is 6.10. The highest BCUT2D eigenvalue weighted by Gasteiger charge is 2.57. The summed E-state index contributed by atoms with van der Waals surface area (Å²) >= 11 is 0. The number of aliphatic hydroxyl groups excluding tert-OH is 1. The van der Waals surface area contributed by atoms with Crippen LogP contribution in [0.4, 0.5) is 0 Å². The van der Waals surface area contributed by atoms with Gasteiger partial charge in [-0.15, -0.1) is 0 Å². The Kier molecular flexibility index (Phi) is 2.11. The Balaban J connectivity index is 2.13. The summed E-state index contributed by atoms with van der Waals surface area (Å²) in [5.41, 5.74) is -0.406. The average Bonchev–Trinajstić information content (AvgIpc) is 2.60. The molecule has 2 aliphatic heterocycles. The molecule has 0 amide bonds. The Morgan fingerprint density at radius 2 is 2.15 bits per heavy atom. The Morgan fingerprint density at radius 3 is 2.62 bits per heavy atom. The van der Waals surface area contributed by atoms with Gasteiger partial charge < -0.3 is 19.3 Å². The first-order valence-electron chi connectivity index (χ1n) is 4.66. The van der Waals surface area contributed by atoms with Crippen molar-refractivity contribution in [2.75, 3.05) is 19.8 Å². The van der Waals surface area contributed by atoms with E-state index in [1.807, 2.05) is 13.8 Å². The molecule has 0 bridgehead atoms. The molecule has 0 radical (unpaired) electrons. The van der Waals surface area contributed by atoms with Crippen LogP contribution in [0.5, 0.6) is 0 Å². The van der Waals surface area contributed by atoms with Gasteiger partial charge in [-0.3, -0.25) is 0 Å². The zero-order valence-corrected chi connectivity index (χ0v) is 8.08. The Hall–Kier alpha value is -0.160. The summed E-state index contributed by atoms with van der Waals surface area (Å²) in [7, 11) is 0. The lowest BCUT2D eigenvalue weighted by molar-refractivity contribution is -0.234. The van der Waals surface area contributed by atoms with Crippen LogP contribution in [0.1, 0.15) is 20.3 Å². The summed E-state index contributed by atoms with van der Waals surface area (Å²) in [4.78, 5) is 0. The summed E-state index contributed by atoms with van der Waals surface area (Å²) in [6.07, 6.45) is 0.553. The minimum absolute atomic E-state index is 0.0117. The van der Waals surface area contributed by atoms with Crippen molar-refractivity contribution >= 4 is 0 Å². The first kappa shape index (κ1) is 9.40. The summed E-state index contributed by atoms with van der Waals surface area (Å²) in [5.74, 6) is -0.625. The van der Waals surface area contributed by atoms with E-state index in [4.69, 9.17) is 19.3 Å². The largest absolute Gasteiger partial charge is 0.394 e.